The van der Waals surface area contributed by atoms with Crippen LogP contribution in [0.15, 0.2) is 30.3 Å². The van der Waals surface area contributed by atoms with E-state index in [1.54, 1.807) is 11.9 Å². The second kappa shape index (κ2) is 5.42. The van der Waals surface area contributed by atoms with Crippen molar-refractivity contribution in [1.29, 1.82) is 0 Å². The molecule has 1 saturated heterocycles. The van der Waals surface area contributed by atoms with Crippen molar-refractivity contribution >= 4 is 16.8 Å². The Labute approximate surface area is 123 Å². The number of nitrogens with one attached hydrogen (secondary N) is 1. The van der Waals surface area contributed by atoms with Crippen molar-refractivity contribution in [2.75, 3.05) is 20.1 Å². The third kappa shape index (κ3) is 2.50. The molecule has 3 rings (SSSR count). The number of benzene rings is 1. The lowest BCUT2D eigenvalue weighted by Gasteiger charge is -2.27. The first kappa shape index (κ1) is 14.0. The first-order valence-corrected chi connectivity index (χ1v) is 7.10. The second-order valence-electron chi connectivity index (χ2n) is 5.54. The van der Waals surface area contributed by atoms with E-state index < -0.39 is 6.10 Å². The topological polar surface area (TPSA) is 65.5 Å². The van der Waals surface area contributed by atoms with Gasteiger partial charge in [0.15, 0.2) is 0 Å². The van der Waals surface area contributed by atoms with Crippen molar-refractivity contribution in [2.45, 2.75) is 19.1 Å². The molecule has 0 unspecified atom stereocenters. The third-order valence-electron chi connectivity index (χ3n) is 4.04. The summed E-state index contributed by atoms with van der Waals surface area (Å²) in [6, 6.07) is 9.26. The van der Waals surface area contributed by atoms with Gasteiger partial charge in [-0.3, -0.25) is 9.78 Å². The van der Waals surface area contributed by atoms with Gasteiger partial charge in [0.2, 0.25) is 0 Å². The first-order valence-electron chi connectivity index (χ1n) is 7.10. The van der Waals surface area contributed by atoms with E-state index in [0.29, 0.717) is 18.7 Å². The lowest BCUT2D eigenvalue weighted by atomic mass is 10.1. The highest BCUT2D eigenvalue weighted by atomic mass is 16.3. The molecular formula is C16H19N3O2. The van der Waals surface area contributed by atoms with Crippen molar-refractivity contribution in [3.8, 4) is 0 Å². The Morgan fingerprint density at radius 2 is 2.14 bits per heavy atom. The Hall–Kier alpha value is -1.98. The minimum absolute atomic E-state index is 0.0792. The largest absolute Gasteiger partial charge is 0.390 e. The highest BCUT2D eigenvalue weighted by Gasteiger charge is 2.32. The highest BCUT2D eigenvalue weighted by Crippen LogP contribution is 2.21. The maximum atomic E-state index is 12.8. The van der Waals surface area contributed by atoms with Crippen LogP contribution >= 0.6 is 0 Å². The molecule has 110 valence electrons. The zero-order chi connectivity index (χ0) is 15.0. The molecule has 5 heteroatoms. The summed E-state index contributed by atoms with van der Waals surface area (Å²) >= 11 is 0. The summed E-state index contributed by atoms with van der Waals surface area (Å²) < 4.78 is 0. The van der Waals surface area contributed by atoms with E-state index in [1.165, 1.54) is 0 Å². The Morgan fingerprint density at radius 1 is 1.38 bits per heavy atom. The van der Waals surface area contributed by atoms with Gasteiger partial charge in [-0.25, -0.2) is 0 Å². The summed E-state index contributed by atoms with van der Waals surface area (Å²) in [5.41, 5.74) is 2.27. The van der Waals surface area contributed by atoms with Gasteiger partial charge >= 0.3 is 0 Å². The Balaban J connectivity index is 2.01. The van der Waals surface area contributed by atoms with Crippen LogP contribution in [-0.4, -0.2) is 53.2 Å². The minimum atomic E-state index is -0.520. The van der Waals surface area contributed by atoms with Crippen LogP contribution in [0.2, 0.25) is 0 Å². The molecule has 21 heavy (non-hydrogen) atoms. The molecule has 1 aromatic carbocycles. The number of β-amino-alcohol motifs (C(OH)–C–C–N with tert-alkyl or cyclic N) is 1. The van der Waals surface area contributed by atoms with Gasteiger partial charge in [0.1, 0.15) is 0 Å². The molecule has 0 aliphatic carbocycles. The van der Waals surface area contributed by atoms with Crippen molar-refractivity contribution in [2.24, 2.45) is 0 Å². The number of pyridine rings is 1. The first-order chi connectivity index (χ1) is 10.1. The van der Waals surface area contributed by atoms with Crippen molar-refractivity contribution < 1.29 is 9.90 Å². The fourth-order valence-corrected chi connectivity index (χ4v) is 2.87. The molecule has 0 radical (unpaired) electrons. The standard InChI is InChI=1S/C16H19N3O2/c1-10-7-12(11-5-3-4-6-13(11)18-10)16(21)19(2)14-8-17-9-15(14)20/h3-7,14-15,17,20H,8-9H2,1-2H3/t14-,15-/m0/s1. The molecule has 1 aliphatic heterocycles. The van der Waals surface area contributed by atoms with E-state index >= 15 is 0 Å². The second-order valence-corrected chi connectivity index (χ2v) is 5.54. The van der Waals surface area contributed by atoms with Gasteiger partial charge in [-0.2, -0.15) is 0 Å². The number of likely N-dealkylation sites (N-methyl/N-ethyl adjacent to an activating group) is 1. The Bertz CT molecular complexity index is 686. The smallest absolute Gasteiger partial charge is 0.254 e. The van der Waals surface area contributed by atoms with Gasteiger partial charge in [-0.05, 0) is 19.1 Å². The summed E-state index contributed by atoms with van der Waals surface area (Å²) in [6.07, 6.45) is -0.520. The molecule has 1 fully saturated rings. The van der Waals surface area contributed by atoms with Crippen molar-refractivity contribution in [3.05, 3.63) is 41.6 Å². The molecule has 2 atom stereocenters. The van der Waals surface area contributed by atoms with Crippen LogP contribution < -0.4 is 5.32 Å². The van der Waals surface area contributed by atoms with Crippen LogP contribution in [0.3, 0.4) is 0 Å². The molecule has 0 spiro atoms. The van der Waals surface area contributed by atoms with Crippen LogP contribution in [0.5, 0.6) is 0 Å². The number of aliphatic hydroxyl groups excluding tert-OH is 1. The van der Waals surface area contributed by atoms with Crippen molar-refractivity contribution in [1.82, 2.24) is 15.2 Å². The van der Waals surface area contributed by atoms with Crippen LogP contribution in [0, 0.1) is 6.92 Å². The van der Waals surface area contributed by atoms with Crippen LogP contribution in [0.4, 0.5) is 0 Å². The summed E-state index contributed by atoms with van der Waals surface area (Å²) in [7, 11) is 1.74. The number of carbonyl (C=O) groups excluding carboxylic acids is 1. The molecule has 0 saturated carbocycles. The van der Waals surface area contributed by atoms with Gasteiger partial charge in [-0.1, -0.05) is 18.2 Å². The van der Waals surface area contributed by atoms with Gasteiger partial charge < -0.3 is 15.3 Å². The predicted octanol–water partition coefficient (Wildman–Crippen LogP) is 0.948. The van der Waals surface area contributed by atoms with E-state index in [1.807, 2.05) is 37.3 Å². The van der Waals surface area contributed by atoms with Gasteiger partial charge in [0, 0.05) is 31.2 Å². The van der Waals surface area contributed by atoms with Crippen molar-refractivity contribution in [3.63, 3.8) is 0 Å². The van der Waals surface area contributed by atoms with E-state index in [0.717, 1.165) is 16.6 Å². The van der Waals surface area contributed by atoms with E-state index in [-0.39, 0.29) is 11.9 Å². The third-order valence-corrected chi connectivity index (χ3v) is 4.04. The van der Waals surface area contributed by atoms with Gasteiger partial charge in [-0.15, -0.1) is 0 Å². The molecule has 1 amide bonds. The maximum Gasteiger partial charge on any atom is 0.254 e. The fourth-order valence-electron chi connectivity index (χ4n) is 2.87. The molecule has 5 nitrogen and oxygen atoms in total. The minimum Gasteiger partial charge on any atom is -0.390 e. The number of aromatic nitrogens is 1. The summed E-state index contributed by atoms with van der Waals surface area (Å²) in [5.74, 6) is -0.0792. The molecule has 1 aromatic heterocycles. The molecule has 2 aromatic rings. The lowest BCUT2D eigenvalue weighted by Crippen LogP contribution is -2.44. The fraction of sp³-hybridized carbons (Fsp3) is 0.375. The zero-order valence-electron chi connectivity index (χ0n) is 12.2. The SMILES string of the molecule is Cc1cc(C(=O)N(C)[C@H]2CNC[C@@H]2O)c2ccccc2n1. The van der Waals surface area contributed by atoms with Gasteiger partial charge in [0.25, 0.3) is 5.91 Å². The normalized spacial score (nSPS) is 21.7. The summed E-state index contributed by atoms with van der Waals surface area (Å²) in [4.78, 5) is 18.9. The quantitative estimate of drug-likeness (QED) is 0.862. The number of nitrogens with zero attached hydrogens (tertiary/aromatic N) is 2. The highest BCUT2D eigenvalue weighted by molar-refractivity contribution is 6.06. The van der Waals surface area contributed by atoms with E-state index in [9.17, 15) is 9.90 Å². The van der Waals surface area contributed by atoms with Crippen LogP contribution in [-0.2, 0) is 0 Å². The number of rotatable bonds is 2. The number of amides is 1. The average Bonchev–Trinajstić information content (AvgIpc) is 2.91. The molecule has 2 N–H and O–H groups in total. The monoisotopic (exact) mass is 285 g/mol. The summed E-state index contributed by atoms with van der Waals surface area (Å²) in [5, 5.41) is 13.9. The maximum absolute atomic E-state index is 12.8. The number of hydrogen-bond donors (Lipinski definition) is 2. The van der Waals surface area contributed by atoms with Gasteiger partial charge in [0.05, 0.1) is 23.2 Å². The molecule has 0 bridgehead atoms. The number of fused-ring (bicyclic) bond motifs is 1. The molecular weight excluding hydrogens is 266 g/mol. The number of para-hydroxylation sites is 1. The average molecular weight is 285 g/mol. The number of aryl methyl sites for hydroxylation is 1. The Kier molecular flexibility index (Phi) is 3.61. The Morgan fingerprint density at radius 3 is 2.86 bits per heavy atom. The lowest BCUT2D eigenvalue weighted by molar-refractivity contribution is 0.0583. The number of aliphatic hydroxyl groups is 1. The van der Waals surface area contributed by atoms with E-state index in [4.69, 9.17) is 0 Å². The predicted molar refractivity (Wildman–Crippen MR) is 81.2 cm³/mol. The summed E-state index contributed by atoms with van der Waals surface area (Å²) in [6.45, 7) is 3.03. The zero-order valence-corrected chi connectivity index (χ0v) is 12.2. The molecule has 1 aliphatic rings. The van der Waals surface area contributed by atoms with Crippen LogP contribution in [0.1, 0.15) is 16.1 Å². The number of carbonyl (C=O) groups is 1. The van der Waals surface area contributed by atoms with Crippen LogP contribution in [0.25, 0.3) is 10.9 Å². The molecule has 2 heterocycles. The van der Waals surface area contributed by atoms with E-state index in [2.05, 4.69) is 10.3 Å². The number of hydrogen-bond acceptors (Lipinski definition) is 4.